The van der Waals surface area contributed by atoms with Gasteiger partial charge >= 0.3 is 0 Å². The molecule has 0 nitrogen and oxygen atoms in total. The summed E-state index contributed by atoms with van der Waals surface area (Å²) < 4.78 is 0. The van der Waals surface area contributed by atoms with Crippen LogP contribution in [-0.4, -0.2) is 16.1 Å². The average Bonchev–Trinajstić information content (AvgIpc) is 3.52. The van der Waals surface area contributed by atoms with E-state index in [4.69, 9.17) is 0 Å². The summed E-state index contributed by atoms with van der Waals surface area (Å²) >= 11 is 1.91. The third-order valence-corrected chi connectivity index (χ3v) is 26.1. The SMILES string of the molecule is CCCCCC1c2ccsc2-c2ccc3c(C#C[Si](C(C)C)(C(C)C)C(C)C)c4c1cccc4c(C#C[Si](C(C)C)(C(C)C)C(C)C)c3c2. The first-order valence-corrected chi connectivity index (χ1v) is 24.7. The Labute approximate surface area is 305 Å². The lowest BCUT2D eigenvalue weighted by Crippen LogP contribution is -2.43. The number of fused-ring (bicyclic) bond motifs is 1. The second-order valence-electron chi connectivity index (χ2n) is 16.8. The van der Waals surface area contributed by atoms with Gasteiger partial charge in [-0.15, -0.1) is 22.4 Å². The Hall–Kier alpha value is -2.57. The fourth-order valence-electron chi connectivity index (χ4n) is 10.1. The highest BCUT2D eigenvalue weighted by Crippen LogP contribution is 2.48. The van der Waals surface area contributed by atoms with Gasteiger partial charge in [0.05, 0.1) is 0 Å². The molecule has 0 fully saturated rings. The molecule has 49 heavy (non-hydrogen) atoms. The van der Waals surface area contributed by atoms with Crippen LogP contribution in [0.25, 0.3) is 32.0 Å². The molecule has 0 radical (unpaired) electrons. The van der Waals surface area contributed by atoms with E-state index in [-0.39, 0.29) is 0 Å². The summed E-state index contributed by atoms with van der Waals surface area (Å²) in [4.78, 5) is 1.43. The van der Waals surface area contributed by atoms with Crippen LogP contribution in [-0.2, 0) is 0 Å². The zero-order valence-electron chi connectivity index (χ0n) is 32.9. The molecule has 7 rings (SSSR count). The molecule has 0 spiro atoms. The summed E-state index contributed by atoms with van der Waals surface area (Å²) in [5.41, 5.74) is 18.6. The smallest absolute Gasteiger partial charge is 0.144 e. The molecule has 3 heteroatoms. The Bertz CT molecular complexity index is 1880. The number of hydrogen-bond donors (Lipinski definition) is 0. The molecular weight excluding hydrogens is 641 g/mol. The Morgan fingerprint density at radius 3 is 1.73 bits per heavy atom. The maximum Gasteiger partial charge on any atom is 0.146 e. The van der Waals surface area contributed by atoms with Crippen LogP contribution >= 0.6 is 11.3 Å². The lowest BCUT2D eigenvalue weighted by molar-refractivity contribution is 0.622. The van der Waals surface area contributed by atoms with Crippen molar-refractivity contribution in [1.29, 1.82) is 0 Å². The predicted octanol–water partition coefficient (Wildman–Crippen LogP) is 14.9. The molecule has 260 valence electrons. The van der Waals surface area contributed by atoms with Crippen molar-refractivity contribution in [3.63, 3.8) is 0 Å². The monoisotopic (exact) mass is 702 g/mol. The van der Waals surface area contributed by atoms with E-state index in [2.05, 4.69) is 161 Å². The largest absolute Gasteiger partial charge is 0.146 e. The van der Waals surface area contributed by atoms with E-state index in [0.717, 1.165) is 6.42 Å². The summed E-state index contributed by atoms with van der Waals surface area (Å²) in [6.45, 7) is 31.5. The van der Waals surface area contributed by atoms with Crippen molar-refractivity contribution < 1.29 is 0 Å². The molecule has 3 aliphatic rings. The number of unbranched alkanes of at least 4 members (excludes halogenated alkanes) is 2. The van der Waals surface area contributed by atoms with Gasteiger partial charge in [0, 0.05) is 27.3 Å². The van der Waals surface area contributed by atoms with Crippen molar-refractivity contribution >= 4 is 49.0 Å². The highest BCUT2D eigenvalue weighted by atomic mass is 32.1. The van der Waals surface area contributed by atoms with Gasteiger partial charge in [0.15, 0.2) is 0 Å². The van der Waals surface area contributed by atoms with E-state index in [1.165, 1.54) is 73.5 Å². The quantitative estimate of drug-likeness (QED) is 0.0668. The Kier molecular flexibility index (Phi) is 11.5. The molecule has 6 bridgehead atoms. The Morgan fingerprint density at radius 1 is 0.612 bits per heavy atom. The normalized spacial score (nSPS) is 14.7. The molecule has 0 N–H and O–H groups in total. The first kappa shape index (κ1) is 37.7. The predicted molar refractivity (Wildman–Crippen MR) is 227 cm³/mol. The van der Waals surface area contributed by atoms with Crippen molar-refractivity contribution in [2.75, 3.05) is 0 Å². The van der Waals surface area contributed by atoms with Crippen molar-refractivity contribution in [3.05, 3.63) is 70.1 Å². The fourth-order valence-corrected chi connectivity index (χ4v) is 21.5. The maximum absolute atomic E-state index is 4.18. The van der Waals surface area contributed by atoms with Crippen LogP contribution in [0.1, 0.15) is 144 Å². The minimum atomic E-state index is -1.97. The van der Waals surface area contributed by atoms with Crippen LogP contribution in [0.4, 0.5) is 0 Å². The van der Waals surface area contributed by atoms with Crippen LogP contribution in [0.5, 0.6) is 0 Å². The zero-order chi connectivity index (χ0) is 35.8. The number of hydrogen-bond acceptors (Lipinski definition) is 1. The van der Waals surface area contributed by atoms with Crippen LogP contribution in [0.3, 0.4) is 0 Å². The minimum Gasteiger partial charge on any atom is -0.144 e. The van der Waals surface area contributed by atoms with Crippen LogP contribution < -0.4 is 0 Å². The van der Waals surface area contributed by atoms with Gasteiger partial charge in [-0.1, -0.05) is 151 Å². The van der Waals surface area contributed by atoms with E-state index in [9.17, 15) is 0 Å². The molecule has 1 unspecified atom stereocenters. The summed E-state index contributed by atoms with van der Waals surface area (Å²) in [5.74, 6) is 8.44. The number of benzene rings is 3. The van der Waals surface area contributed by atoms with Gasteiger partial charge in [-0.2, -0.15) is 0 Å². The van der Waals surface area contributed by atoms with Gasteiger partial charge < -0.3 is 0 Å². The maximum atomic E-state index is 4.18. The molecule has 3 aromatic carbocycles. The van der Waals surface area contributed by atoms with Crippen molar-refractivity contribution in [3.8, 4) is 33.4 Å². The van der Waals surface area contributed by atoms with E-state index in [1.807, 2.05) is 11.3 Å². The van der Waals surface area contributed by atoms with E-state index >= 15 is 0 Å². The van der Waals surface area contributed by atoms with Gasteiger partial charge in [0.25, 0.3) is 0 Å². The summed E-state index contributed by atoms with van der Waals surface area (Å²) in [6.07, 6.45) is 4.89. The highest BCUT2D eigenvalue weighted by molar-refractivity contribution is 7.13. The molecular formula is C46H62SSi2. The summed E-state index contributed by atoms with van der Waals surface area (Å²) in [6, 6.07) is 16.8. The standard InChI is InChI=1S/C46H62SSi2/c1-14-15-16-18-37-40-19-17-20-41-39(24-27-48(30(2)3,31(4)5)32(6)7)44-29-36(46-43(37)23-26-47-46)21-22-38(44)42(45(40)41)25-28-49(33(8)9,34(10)11)35(12)13/h17,19-23,26,29-35,37H,14-16,18H2,1-13H3. The van der Waals surface area contributed by atoms with Gasteiger partial charge in [-0.05, 0) is 90.0 Å². The molecule has 0 aliphatic heterocycles. The lowest BCUT2D eigenvalue weighted by atomic mass is 9.79. The van der Waals surface area contributed by atoms with Gasteiger partial charge in [-0.25, -0.2) is 0 Å². The third kappa shape index (κ3) is 6.43. The molecule has 0 saturated carbocycles. The zero-order valence-corrected chi connectivity index (χ0v) is 35.7. The minimum absolute atomic E-state index is 0.335. The second kappa shape index (κ2) is 15.0. The number of rotatable bonds is 10. The Morgan fingerprint density at radius 2 is 1.18 bits per heavy atom. The van der Waals surface area contributed by atoms with Crippen molar-refractivity contribution in [2.45, 2.75) is 155 Å². The fraction of sp³-hybridized carbons (Fsp3) is 0.522. The van der Waals surface area contributed by atoms with Gasteiger partial charge in [-0.3, -0.25) is 0 Å². The molecule has 1 aromatic heterocycles. The highest BCUT2D eigenvalue weighted by Gasteiger charge is 2.43. The van der Waals surface area contributed by atoms with Crippen LogP contribution in [0, 0.1) is 22.9 Å². The van der Waals surface area contributed by atoms with E-state index < -0.39 is 16.1 Å². The first-order chi connectivity index (χ1) is 23.2. The average molecular weight is 703 g/mol. The van der Waals surface area contributed by atoms with Gasteiger partial charge in [0.1, 0.15) is 16.1 Å². The Balaban J connectivity index is 2.00. The molecule has 3 aliphatic carbocycles. The van der Waals surface area contributed by atoms with Crippen molar-refractivity contribution in [2.24, 2.45) is 0 Å². The van der Waals surface area contributed by atoms with Crippen LogP contribution in [0.15, 0.2) is 47.8 Å². The lowest BCUT2D eigenvalue weighted by Gasteiger charge is -2.38. The van der Waals surface area contributed by atoms with E-state index in [0.29, 0.717) is 39.2 Å². The first-order valence-electron chi connectivity index (χ1n) is 19.4. The van der Waals surface area contributed by atoms with Gasteiger partial charge in [0.2, 0.25) is 0 Å². The molecule has 1 heterocycles. The summed E-state index contributed by atoms with van der Waals surface area (Å²) in [7, 11) is -3.93. The van der Waals surface area contributed by atoms with Crippen molar-refractivity contribution in [1.82, 2.24) is 0 Å². The molecule has 0 amide bonds. The topological polar surface area (TPSA) is 0 Å². The third-order valence-electron chi connectivity index (χ3n) is 12.5. The molecule has 4 aromatic rings. The second-order valence-corrected chi connectivity index (χ2v) is 28.9. The number of thiophene rings is 1. The molecule has 0 saturated heterocycles. The van der Waals surface area contributed by atoms with E-state index in [1.54, 1.807) is 0 Å². The van der Waals surface area contributed by atoms with Crippen LogP contribution in [0.2, 0.25) is 33.2 Å². The summed E-state index contributed by atoms with van der Waals surface area (Å²) in [5, 5.41) is 7.57. The molecule has 1 atom stereocenters.